The lowest BCUT2D eigenvalue weighted by atomic mass is 10.1. The molecule has 11 heteroatoms. The van der Waals surface area contributed by atoms with Crippen LogP contribution in [-0.2, 0) is 4.79 Å². The number of nitrogens with one attached hydrogen (secondary N) is 1. The molecule has 1 N–H and O–H groups in total. The van der Waals surface area contributed by atoms with E-state index in [0.29, 0.717) is 41.9 Å². The first kappa shape index (κ1) is 25.6. The van der Waals surface area contributed by atoms with Crippen LogP contribution in [0.5, 0.6) is 23.0 Å². The first-order valence-corrected chi connectivity index (χ1v) is 13.4. The van der Waals surface area contributed by atoms with Crippen molar-refractivity contribution < 1.29 is 23.7 Å². The van der Waals surface area contributed by atoms with Gasteiger partial charge in [-0.15, -0.1) is 11.3 Å². The van der Waals surface area contributed by atoms with Gasteiger partial charge in [0.2, 0.25) is 5.17 Å². The number of aliphatic imine (C=N–C) groups is 1. The minimum Gasteiger partial charge on any atom is -0.497 e. The van der Waals surface area contributed by atoms with Crippen molar-refractivity contribution in [2.24, 2.45) is 10.1 Å². The van der Waals surface area contributed by atoms with Crippen LogP contribution in [0.15, 0.2) is 75.6 Å². The molecule has 5 rings (SSSR count). The number of hydrogen-bond donors (Lipinski definition) is 1. The van der Waals surface area contributed by atoms with E-state index in [2.05, 4.69) is 10.1 Å². The van der Waals surface area contributed by atoms with Crippen LogP contribution in [-0.4, -0.2) is 54.4 Å². The average Bonchev–Trinajstić information content (AvgIpc) is 3.62. The molecule has 0 unspecified atom stereocenters. The number of nitrogens with zero attached hydrogens (tertiary/aromatic N) is 3. The van der Waals surface area contributed by atoms with Crippen molar-refractivity contribution in [2.45, 2.75) is 6.42 Å². The number of carbonyl (C=O) groups excluding carboxylic acids is 1. The van der Waals surface area contributed by atoms with Gasteiger partial charge in [0, 0.05) is 6.42 Å². The van der Waals surface area contributed by atoms with E-state index in [4.69, 9.17) is 24.4 Å². The highest BCUT2D eigenvalue weighted by Gasteiger charge is 2.36. The van der Waals surface area contributed by atoms with E-state index in [1.165, 1.54) is 16.8 Å². The van der Waals surface area contributed by atoms with Crippen LogP contribution in [0.25, 0.3) is 6.08 Å². The molecule has 3 heterocycles. The molecule has 1 aromatic heterocycles. The van der Waals surface area contributed by atoms with E-state index < -0.39 is 5.91 Å². The molecule has 194 valence electrons. The number of carbonyl (C=O) groups is 1. The standard InChI is InChI=1S/C27H24N4O5S2/c1-33-18-7-9-19(10-8-18)35-12-4-13-36-21-11-6-17(16-22(21)34-2)15-20-24(28)31-27(29-25(20)32)38-26(30-31)23-5-3-14-37-23/h3,5-11,14-16,28H,4,12-13H2,1-2H3/b20-15-,28-24?. The van der Waals surface area contributed by atoms with E-state index in [0.717, 1.165) is 21.4 Å². The molecule has 1 amide bonds. The molecule has 0 spiro atoms. The maximum Gasteiger partial charge on any atom is 0.283 e. The number of hydrazone groups is 1. The maximum absolute atomic E-state index is 12.7. The Balaban J connectivity index is 1.21. The molecule has 0 saturated carbocycles. The van der Waals surface area contributed by atoms with Gasteiger partial charge in [-0.1, -0.05) is 12.1 Å². The number of rotatable bonds is 10. The Labute approximate surface area is 227 Å². The molecule has 0 bridgehead atoms. The van der Waals surface area contributed by atoms with Crippen molar-refractivity contribution in [2.75, 3.05) is 27.4 Å². The normalized spacial score (nSPS) is 15.7. The number of benzene rings is 2. The Morgan fingerprint density at radius 2 is 1.76 bits per heavy atom. The molecule has 2 aliphatic heterocycles. The Morgan fingerprint density at radius 1 is 0.974 bits per heavy atom. The second kappa shape index (κ2) is 11.5. The van der Waals surface area contributed by atoms with E-state index in [1.807, 2.05) is 41.8 Å². The summed E-state index contributed by atoms with van der Waals surface area (Å²) in [6.07, 6.45) is 2.29. The topological polar surface area (TPSA) is 106 Å². The van der Waals surface area contributed by atoms with Gasteiger partial charge < -0.3 is 18.9 Å². The highest BCUT2D eigenvalue weighted by Crippen LogP contribution is 2.33. The van der Waals surface area contributed by atoms with Gasteiger partial charge in [0.15, 0.2) is 17.3 Å². The summed E-state index contributed by atoms with van der Waals surface area (Å²) in [7, 11) is 3.18. The lowest BCUT2D eigenvalue weighted by molar-refractivity contribution is -0.114. The van der Waals surface area contributed by atoms with Gasteiger partial charge in [-0.05, 0) is 71.2 Å². The third-order valence-corrected chi connectivity index (χ3v) is 7.51. The summed E-state index contributed by atoms with van der Waals surface area (Å²) < 4.78 is 22.3. The average molecular weight is 549 g/mol. The van der Waals surface area contributed by atoms with Gasteiger partial charge in [0.25, 0.3) is 5.91 Å². The summed E-state index contributed by atoms with van der Waals surface area (Å²) in [4.78, 5) is 17.9. The SMILES string of the molecule is COc1ccc(OCCCOc2ccc(/C=C3/C(=N)N4N=C(c5cccs5)SC4=NC3=O)cc2OC)cc1. The van der Waals surface area contributed by atoms with Crippen molar-refractivity contribution in [3.8, 4) is 23.0 Å². The molecular formula is C27H24N4O5S2. The number of thioether (sulfide) groups is 1. The number of hydrogen-bond acceptors (Lipinski definition) is 9. The van der Waals surface area contributed by atoms with Crippen LogP contribution in [0.3, 0.4) is 0 Å². The third-order valence-electron chi connectivity index (χ3n) is 5.56. The first-order valence-electron chi connectivity index (χ1n) is 11.7. The number of thiophene rings is 1. The Morgan fingerprint density at radius 3 is 2.50 bits per heavy atom. The van der Waals surface area contributed by atoms with Gasteiger partial charge in [-0.25, -0.2) is 0 Å². The summed E-state index contributed by atoms with van der Waals surface area (Å²) in [6.45, 7) is 0.932. The van der Waals surface area contributed by atoms with Gasteiger partial charge in [-0.2, -0.15) is 15.1 Å². The summed E-state index contributed by atoms with van der Waals surface area (Å²) in [5, 5.41) is 17.5. The van der Waals surface area contributed by atoms with Crippen molar-refractivity contribution >= 4 is 51.1 Å². The zero-order valence-electron chi connectivity index (χ0n) is 20.7. The van der Waals surface area contributed by atoms with Crippen LogP contribution in [0, 0.1) is 5.41 Å². The second-order valence-corrected chi connectivity index (χ2v) is 9.94. The van der Waals surface area contributed by atoms with Crippen LogP contribution in [0.2, 0.25) is 0 Å². The Hall–Kier alpha value is -4.09. The van der Waals surface area contributed by atoms with Crippen molar-refractivity contribution in [1.29, 1.82) is 5.41 Å². The summed E-state index contributed by atoms with van der Waals surface area (Å²) in [5.74, 6) is 2.14. The van der Waals surface area contributed by atoms with E-state index in [1.54, 1.807) is 49.8 Å². The van der Waals surface area contributed by atoms with Crippen molar-refractivity contribution in [3.05, 3.63) is 76.0 Å². The monoisotopic (exact) mass is 548 g/mol. The molecule has 0 radical (unpaired) electrons. The van der Waals surface area contributed by atoms with E-state index >= 15 is 0 Å². The zero-order valence-corrected chi connectivity index (χ0v) is 22.3. The molecule has 2 aliphatic rings. The lowest BCUT2D eigenvalue weighted by Crippen LogP contribution is -2.35. The smallest absolute Gasteiger partial charge is 0.283 e. The minimum absolute atomic E-state index is 0.0183. The molecule has 3 aromatic rings. The van der Waals surface area contributed by atoms with Gasteiger partial charge in [-0.3, -0.25) is 10.2 Å². The number of fused-ring (bicyclic) bond motifs is 1. The first-order chi connectivity index (χ1) is 18.6. The number of methoxy groups -OCH3 is 2. The molecule has 0 saturated heterocycles. The van der Waals surface area contributed by atoms with E-state index in [9.17, 15) is 4.79 Å². The summed E-state index contributed by atoms with van der Waals surface area (Å²) >= 11 is 2.83. The number of amides is 1. The van der Waals surface area contributed by atoms with Crippen LogP contribution < -0.4 is 18.9 Å². The maximum atomic E-state index is 12.7. The van der Waals surface area contributed by atoms with Crippen LogP contribution in [0.1, 0.15) is 16.9 Å². The molecular weight excluding hydrogens is 524 g/mol. The quantitative estimate of drug-likeness (QED) is 0.271. The second-order valence-electron chi connectivity index (χ2n) is 8.04. The number of ether oxygens (including phenoxy) is 4. The predicted molar refractivity (Wildman–Crippen MR) is 150 cm³/mol. The largest absolute Gasteiger partial charge is 0.497 e. The predicted octanol–water partition coefficient (Wildman–Crippen LogP) is 5.28. The Kier molecular flexibility index (Phi) is 7.75. The summed E-state index contributed by atoms with van der Waals surface area (Å²) in [5.41, 5.74) is 0.829. The fourth-order valence-electron chi connectivity index (χ4n) is 3.65. The molecule has 0 aliphatic carbocycles. The molecule has 0 fully saturated rings. The van der Waals surface area contributed by atoms with E-state index in [-0.39, 0.29) is 11.4 Å². The number of amidine groups is 2. The fourth-order valence-corrected chi connectivity index (χ4v) is 5.34. The summed E-state index contributed by atoms with van der Waals surface area (Å²) in [6, 6.07) is 16.6. The van der Waals surface area contributed by atoms with Gasteiger partial charge >= 0.3 is 0 Å². The van der Waals surface area contributed by atoms with Crippen LogP contribution in [0.4, 0.5) is 0 Å². The highest BCUT2D eigenvalue weighted by molar-refractivity contribution is 8.27. The van der Waals surface area contributed by atoms with Crippen LogP contribution >= 0.6 is 23.1 Å². The molecule has 0 atom stereocenters. The zero-order chi connectivity index (χ0) is 26.5. The Bertz CT molecular complexity index is 1430. The van der Waals surface area contributed by atoms with Gasteiger partial charge in [0.05, 0.1) is 37.9 Å². The van der Waals surface area contributed by atoms with Crippen molar-refractivity contribution in [1.82, 2.24) is 5.01 Å². The molecule has 2 aromatic carbocycles. The fraction of sp³-hybridized carbons (Fsp3) is 0.185. The third kappa shape index (κ3) is 5.58. The lowest BCUT2D eigenvalue weighted by Gasteiger charge is -2.20. The minimum atomic E-state index is -0.479. The van der Waals surface area contributed by atoms with Gasteiger partial charge in [0.1, 0.15) is 16.5 Å². The molecule has 38 heavy (non-hydrogen) atoms. The highest BCUT2D eigenvalue weighted by atomic mass is 32.2. The molecule has 9 nitrogen and oxygen atoms in total. The van der Waals surface area contributed by atoms with Crippen molar-refractivity contribution in [3.63, 3.8) is 0 Å².